The lowest BCUT2D eigenvalue weighted by atomic mass is 10.1. The van der Waals surface area contributed by atoms with Gasteiger partial charge >= 0.3 is 0 Å². The van der Waals surface area contributed by atoms with E-state index in [0.29, 0.717) is 10.0 Å². The van der Waals surface area contributed by atoms with E-state index in [0.717, 1.165) is 10.5 Å². The third-order valence-electron chi connectivity index (χ3n) is 4.06. The average molecular weight is 439 g/mol. The van der Waals surface area contributed by atoms with Crippen molar-refractivity contribution >= 4 is 46.8 Å². The highest BCUT2D eigenvalue weighted by atomic mass is 35.5. The van der Waals surface area contributed by atoms with E-state index in [1.54, 1.807) is 30.0 Å². The second kappa shape index (κ2) is 10.7. The molecule has 150 valence electrons. The normalized spacial score (nSPS) is 11.9. The van der Waals surface area contributed by atoms with E-state index >= 15 is 0 Å². The number of carbonyl (C=O) groups excluding carboxylic acids is 2. The van der Waals surface area contributed by atoms with E-state index in [2.05, 4.69) is 5.32 Å². The van der Waals surface area contributed by atoms with E-state index in [9.17, 15) is 9.59 Å². The van der Waals surface area contributed by atoms with Crippen molar-refractivity contribution in [3.8, 4) is 0 Å². The molecule has 0 bridgehead atoms. The first-order valence-electron chi connectivity index (χ1n) is 8.99. The van der Waals surface area contributed by atoms with E-state index < -0.39 is 6.04 Å². The number of nitrogens with zero attached hydrogens (tertiary/aromatic N) is 1. The summed E-state index contributed by atoms with van der Waals surface area (Å²) in [7, 11) is 0. The molecule has 0 heterocycles. The lowest BCUT2D eigenvalue weighted by Gasteiger charge is -2.29. The summed E-state index contributed by atoms with van der Waals surface area (Å²) >= 11 is 13.7. The summed E-state index contributed by atoms with van der Waals surface area (Å²) in [6, 6.07) is 14.2. The molecule has 0 aliphatic rings. The van der Waals surface area contributed by atoms with Crippen molar-refractivity contribution in [1.29, 1.82) is 0 Å². The highest BCUT2D eigenvalue weighted by Crippen LogP contribution is 2.24. The van der Waals surface area contributed by atoms with Gasteiger partial charge in [0.2, 0.25) is 11.8 Å². The standard InChI is InChI=1S/C21H24Cl2N2O2S/c1-14(2)24-21(27)15(3)25(12-16-9-10-17(22)11-19(16)23)20(26)13-28-18-7-5-4-6-8-18/h4-11,14-15H,12-13H2,1-3H3,(H,24,27)/t15-/m0/s1. The van der Waals surface area contributed by atoms with E-state index in [4.69, 9.17) is 23.2 Å². The Morgan fingerprint density at radius 3 is 2.36 bits per heavy atom. The van der Waals surface area contributed by atoms with Gasteiger partial charge < -0.3 is 10.2 Å². The van der Waals surface area contributed by atoms with Crippen LogP contribution in [0.5, 0.6) is 0 Å². The number of nitrogens with one attached hydrogen (secondary N) is 1. The molecular weight excluding hydrogens is 415 g/mol. The van der Waals surface area contributed by atoms with Crippen LogP contribution in [0.15, 0.2) is 53.4 Å². The van der Waals surface area contributed by atoms with Crippen LogP contribution in [0.2, 0.25) is 10.0 Å². The number of rotatable bonds is 8. The van der Waals surface area contributed by atoms with Crippen LogP contribution in [0.25, 0.3) is 0 Å². The van der Waals surface area contributed by atoms with Crippen molar-refractivity contribution in [3.63, 3.8) is 0 Å². The van der Waals surface area contributed by atoms with Crippen LogP contribution in [0.4, 0.5) is 0 Å². The largest absolute Gasteiger partial charge is 0.352 e. The molecule has 0 saturated heterocycles. The van der Waals surface area contributed by atoms with E-state index in [1.807, 2.05) is 44.2 Å². The zero-order chi connectivity index (χ0) is 20.7. The molecule has 0 spiro atoms. The molecule has 0 radical (unpaired) electrons. The monoisotopic (exact) mass is 438 g/mol. The molecule has 2 rings (SSSR count). The van der Waals surface area contributed by atoms with Crippen LogP contribution in [-0.2, 0) is 16.1 Å². The summed E-state index contributed by atoms with van der Waals surface area (Å²) < 4.78 is 0. The molecule has 0 aliphatic heterocycles. The average Bonchev–Trinajstić information content (AvgIpc) is 2.65. The number of benzene rings is 2. The van der Waals surface area contributed by atoms with Crippen molar-refractivity contribution < 1.29 is 9.59 Å². The molecule has 2 aromatic rings. The molecule has 1 N–H and O–H groups in total. The molecule has 0 saturated carbocycles. The second-order valence-electron chi connectivity index (χ2n) is 6.70. The van der Waals surface area contributed by atoms with Crippen molar-refractivity contribution in [2.24, 2.45) is 0 Å². The molecule has 2 amide bonds. The first-order chi connectivity index (χ1) is 13.3. The maximum absolute atomic E-state index is 13.0. The molecule has 0 fully saturated rings. The van der Waals surface area contributed by atoms with Gasteiger partial charge in [-0.2, -0.15) is 0 Å². The third kappa shape index (κ3) is 6.73. The van der Waals surface area contributed by atoms with Crippen LogP contribution in [0.1, 0.15) is 26.3 Å². The van der Waals surface area contributed by atoms with Crippen molar-refractivity contribution in [3.05, 3.63) is 64.1 Å². The van der Waals surface area contributed by atoms with E-state index in [-0.39, 0.29) is 30.2 Å². The van der Waals surface area contributed by atoms with Crippen molar-refractivity contribution in [1.82, 2.24) is 10.2 Å². The topological polar surface area (TPSA) is 49.4 Å². The fraction of sp³-hybridized carbons (Fsp3) is 0.333. The van der Waals surface area contributed by atoms with E-state index in [1.165, 1.54) is 11.8 Å². The third-order valence-corrected chi connectivity index (χ3v) is 5.64. The maximum atomic E-state index is 13.0. The minimum absolute atomic E-state index is 0.00952. The smallest absolute Gasteiger partial charge is 0.242 e. The van der Waals surface area contributed by atoms with Crippen LogP contribution in [0, 0.1) is 0 Å². The van der Waals surface area contributed by atoms with Crippen LogP contribution in [-0.4, -0.2) is 34.6 Å². The predicted molar refractivity (Wildman–Crippen MR) is 117 cm³/mol. The van der Waals surface area contributed by atoms with Gasteiger partial charge in [0.15, 0.2) is 0 Å². The van der Waals surface area contributed by atoms with Crippen LogP contribution < -0.4 is 5.32 Å². The van der Waals surface area contributed by atoms with Gasteiger partial charge in [0, 0.05) is 27.5 Å². The summed E-state index contributed by atoms with van der Waals surface area (Å²) in [6.45, 7) is 5.74. The molecule has 0 aromatic heterocycles. The molecule has 0 unspecified atom stereocenters. The Morgan fingerprint density at radius 2 is 1.75 bits per heavy atom. The summed E-state index contributed by atoms with van der Waals surface area (Å²) in [5, 5.41) is 3.86. The van der Waals surface area contributed by atoms with Gasteiger partial charge in [-0.3, -0.25) is 9.59 Å². The molecule has 4 nitrogen and oxygen atoms in total. The van der Waals surface area contributed by atoms with Crippen LogP contribution in [0.3, 0.4) is 0 Å². The Kier molecular flexibility index (Phi) is 8.67. The SMILES string of the molecule is CC(C)NC(=O)[C@H](C)N(Cc1ccc(Cl)cc1Cl)C(=O)CSc1ccccc1. The summed E-state index contributed by atoms with van der Waals surface area (Å²) in [5.74, 6) is -0.0986. The number of thioether (sulfide) groups is 1. The zero-order valence-electron chi connectivity index (χ0n) is 16.1. The van der Waals surface area contributed by atoms with Gasteiger partial charge in [-0.15, -0.1) is 11.8 Å². The number of hydrogen-bond acceptors (Lipinski definition) is 3. The van der Waals surface area contributed by atoms with Crippen molar-refractivity contribution in [2.45, 2.75) is 44.3 Å². The lowest BCUT2D eigenvalue weighted by molar-refractivity contribution is -0.138. The highest BCUT2D eigenvalue weighted by Gasteiger charge is 2.27. The molecular formula is C21H24Cl2N2O2S. The van der Waals surface area contributed by atoms with Crippen LogP contribution >= 0.6 is 35.0 Å². The van der Waals surface area contributed by atoms with Gasteiger partial charge in [-0.05, 0) is 50.6 Å². The summed E-state index contributed by atoms with van der Waals surface area (Å²) in [5.41, 5.74) is 0.744. The van der Waals surface area contributed by atoms with Gasteiger partial charge in [0.25, 0.3) is 0 Å². The van der Waals surface area contributed by atoms with Crippen molar-refractivity contribution in [2.75, 3.05) is 5.75 Å². The Bertz CT molecular complexity index is 815. The van der Waals surface area contributed by atoms with Gasteiger partial charge in [0.1, 0.15) is 6.04 Å². The Labute approximate surface area is 180 Å². The lowest BCUT2D eigenvalue weighted by Crippen LogP contribution is -2.49. The first kappa shape index (κ1) is 22.6. The summed E-state index contributed by atoms with van der Waals surface area (Å²) in [6.07, 6.45) is 0. The van der Waals surface area contributed by atoms with Gasteiger partial charge in [-0.25, -0.2) is 0 Å². The molecule has 0 aliphatic carbocycles. The molecule has 7 heteroatoms. The molecule has 28 heavy (non-hydrogen) atoms. The quantitative estimate of drug-likeness (QED) is 0.587. The van der Waals surface area contributed by atoms with Gasteiger partial charge in [-0.1, -0.05) is 47.5 Å². The second-order valence-corrected chi connectivity index (χ2v) is 8.59. The Balaban J connectivity index is 2.18. The zero-order valence-corrected chi connectivity index (χ0v) is 18.4. The number of hydrogen-bond donors (Lipinski definition) is 1. The minimum Gasteiger partial charge on any atom is -0.352 e. The minimum atomic E-state index is -0.627. The molecule has 2 aromatic carbocycles. The predicted octanol–water partition coefficient (Wildman–Crippen LogP) is 5.03. The number of amides is 2. The highest BCUT2D eigenvalue weighted by molar-refractivity contribution is 8.00. The Morgan fingerprint density at radius 1 is 1.07 bits per heavy atom. The van der Waals surface area contributed by atoms with Gasteiger partial charge in [0.05, 0.1) is 5.75 Å². The number of carbonyl (C=O) groups is 2. The Hall–Kier alpha value is -1.69. The number of halogens is 2. The fourth-order valence-electron chi connectivity index (χ4n) is 2.57. The fourth-order valence-corrected chi connectivity index (χ4v) is 3.84. The maximum Gasteiger partial charge on any atom is 0.242 e. The first-order valence-corrected chi connectivity index (χ1v) is 10.7. The molecule has 1 atom stereocenters. The summed E-state index contributed by atoms with van der Waals surface area (Å²) in [4.78, 5) is 28.1.